The second kappa shape index (κ2) is 5.62. The number of nitrogens with zero attached hydrogens (tertiary/aromatic N) is 3. The van der Waals surface area contributed by atoms with E-state index in [1.165, 1.54) is 7.11 Å². The molecule has 0 saturated carbocycles. The molecule has 9 heteroatoms. The van der Waals surface area contributed by atoms with Gasteiger partial charge >= 0.3 is 6.01 Å². The molecule has 2 aromatic rings. The monoisotopic (exact) mass is 350 g/mol. The summed E-state index contributed by atoms with van der Waals surface area (Å²) in [7, 11) is 1.33. The zero-order chi connectivity index (χ0) is 14.0. The number of hydrogen-bond acceptors (Lipinski definition) is 5. The zero-order valence-electron chi connectivity index (χ0n) is 9.42. The maximum atomic E-state index is 13.6. The molecule has 0 amide bonds. The molecule has 100 valence electrons. The highest BCUT2D eigenvalue weighted by Crippen LogP contribution is 2.26. The Balaban J connectivity index is 2.39. The largest absolute Gasteiger partial charge is 0.467 e. The van der Waals surface area contributed by atoms with Crippen molar-refractivity contribution in [2.24, 2.45) is 0 Å². The molecule has 0 radical (unpaired) electrons. The van der Waals surface area contributed by atoms with Crippen molar-refractivity contribution >= 4 is 39.2 Å². The van der Waals surface area contributed by atoms with Gasteiger partial charge in [0.05, 0.1) is 7.11 Å². The maximum Gasteiger partial charge on any atom is 0.322 e. The van der Waals surface area contributed by atoms with Crippen LogP contribution in [0.1, 0.15) is 0 Å². The Hall–Kier alpha value is -1.54. The van der Waals surface area contributed by atoms with E-state index in [4.69, 9.17) is 16.3 Å². The van der Waals surface area contributed by atoms with Crippen LogP contribution in [0.3, 0.4) is 0 Å². The Kier molecular flexibility index (Phi) is 4.11. The molecule has 0 aliphatic heterocycles. The average molecular weight is 352 g/mol. The maximum absolute atomic E-state index is 13.6. The van der Waals surface area contributed by atoms with Crippen molar-refractivity contribution in [2.45, 2.75) is 0 Å². The second-order valence-corrected chi connectivity index (χ2v) is 4.54. The number of halogens is 4. The number of benzene rings is 1. The summed E-state index contributed by atoms with van der Waals surface area (Å²) >= 11 is 8.60. The molecule has 1 N–H and O–H groups in total. The highest BCUT2D eigenvalue weighted by molar-refractivity contribution is 9.10. The van der Waals surface area contributed by atoms with E-state index >= 15 is 0 Å². The first-order valence-electron chi connectivity index (χ1n) is 4.86. The van der Waals surface area contributed by atoms with Crippen molar-refractivity contribution in [1.82, 2.24) is 15.0 Å². The molecule has 0 aliphatic carbocycles. The van der Waals surface area contributed by atoms with Gasteiger partial charge in [0.25, 0.3) is 0 Å². The molecular weight excluding hydrogens is 345 g/mol. The third-order valence-corrected chi connectivity index (χ3v) is 2.64. The van der Waals surface area contributed by atoms with Crippen molar-refractivity contribution in [3.63, 3.8) is 0 Å². The third-order valence-electron chi connectivity index (χ3n) is 2.01. The van der Waals surface area contributed by atoms with Gasteiger partial charge < -0.3 is 10.1 Å². The fourth-order valence-corrected chi connectivity index (χ4v) is 1.81. The lowest BCUT2D eigenvalue weighted by atomic mass is 10.3. The van der Waals surface area contributed by atoms with Crippen LogP contribution in [0.25, 0.3) is 0 Å². The molecule has 0 aliphatic rings. The van der Waals surface area contributed by atoms with E-state index in [9.17, 15) is 8.78 Å². The molecule has 0 fully saturated rings. The Bertz CT molecular complexity index is 605. The number of aromatic nitrogens is 3. The molecule has 5 nitrogen and oxygen atoms in total. The van der Waals surface area contributed by atoms with Crippen LogP contribution < -0.4 is 10.1 Å². The van der Waals surface area contributed by atoms with Gasteiger partial charge in [-0.2, -0.15) is 15.0 Å². The highest BCUT2D eigenvalue weighted by atomic mass is 79.9. The summed E-state index contributed by atoms with van der Waals surface area (Å²) in [4.78, 5) is 11.1. The number of anilines is 2. The van der Waals surface area contributed by atoms with Crippen LogP contribution in [-0.2, 0) is 0 Å². The van der Waals surface area contributed by atoms with Crippen molar-refractivity contribution in [3.8, 4) is 6.01 Å². The fourth-order valence-electron chi connectivity index (χ4n) is 1.25. The second-order valence-electron chi connectivity index (χ2n) is 3.28. The molecule has 0 bridgehead atoms. The first-order valence-corrected chi connectivity index (χ1v) is 6.04. The van der Waals surface area contributed by atoms with Gasteiger partial charge in [-0.3, -0.25) is 0 Å². The van der Waals surface area contributed by atoms with Crippen molar-refractivity contribution < 1.29 is 13.5 Å². The van der Waals surface area contributed by atoms with Gasteiger partial charge in [0.15, 0.2) is 11.6 Å². The number of ether oxygens (including phenoxy) is 1. The SMILES string of the molecule is COc1nc(Cl)nc(Nc2c(F)cc(Br)cc2F)n1. The average Bonchev–Trinajstić information content (AvgIpc) is 2.33. The Labute approximate surface area is 120 Å². The Morgan fingerprint density at radius 1 is 1.21 bits per heavy atom. The lowest BCUT2D eigenvalue weighted by molar-refractivity contribution is 0.379. The first-order chi connectivity index (χ1) is 8.99. The van der Waals surface area contributed by atoms with Crippen LogP contribution in [0.5, 0.6) is 6.01 Å². The summed E-state index contributed by atoms with van der Waals surface area (Å²) in [6.07, 6.45) is 0. The minimum absolute atomic E-state index is 0.0690. The van der Waals surface area contributed by atoms with Gasteiger partial charge in [0.2, 0.25) is 11.2 Å². The van der Waals surface area contributed by atoms with Crippen LogP contribution >= 0.6 is 27.5 Å². The minimum Gasteiger partial charge on any atom is -0.467 e. The number of hydrogen-bond donors (Lipinski definition) is 1. The van der Waals surface area contributed by atoms with Crippen LogP contribution in [0.15, 0.2) is 16.6 Å². The van der Waals surface area contributed by atoms with E-state index in [-0.39, 0.29) is 21.7 Å². The molecule has 0 atom stereocenters. The standard InChI is InChI=1S/C10H6BrClF2N4O/c1-19-10-17-8(12)16-9(18-10)15-7-5(13)2-4(11)3-6(7)14/h2-3H,1H3,(H,15,16,17,18). The van der Waals surface area contributed by atoms with E-state index < -0.39 is 17.3 Å². The summed E-state index contributed by atoms with van der Waals surface area (Å²) in [5.74, 6) is -1.73. The normalized spacial score (nSPS) is 10.4. The summed E-state index contributed by atoms with van der Waals surface area (Å²) in [5, 5.41) is 2.23. The summed E-state index contributed by atoms with van der Waals surface area (Å²) < 4.78 is 32.3. The fraction of sp³-hybridized carbons (Fsp3) is 0.100. The van der Waals surface area contributed by atoms with E-state index in [2.05, 4.69) is 36.2 Å². The zero-order valence-corrected chi connectivity index (χ0v) is 11.8. The third kappa shape index (κ3) is 3.27. The smallest absolute Gasteiger partial charge is 0.322 e. The van der Waals surface area contributed by atoms with Crippen molar-refractivity contribution in [1.29, 1.82) is 0 Å². The van der Waals surface area contributed by atoms with Gasteiger partial charge in [0, 0.05) is 4.47 Å². The number of rotatable bonds is 3. The Morgan fingerprint density at radius 2 is 1.84 bits per heavy atom. The molecular formula is C10H6BrClF2N4O. The molecule has 19 heavy (non-hydrogen) atoms. The van der Waals surface area contributed by atoms with Gasteiger partial charge in [-0.05, 0) is 23.7 Å². The first kappa shape index (κ1) is 13.9. The molecule has 0 saturated heterocycles. The Morgan fingerprint density at radius 3 is 2.42 bits per heavy atom. The number of nitrogens with one attached hydrogen (secondary N) is 1. The van der Waals surface area contributed by atoms with Crippen molar-refractivity contribution in [2.75, 3.05) is 12.4 Å². The molecule has 1 aromatic carbocycles. The lowest BCUT2D eigenvalue weighted by Gasteiger charge is -2.08. The van der Waals surface area contributed by atoms with Gasteiger partial charge in [0.1, 0.15) is 5.69 Å². The predicted molar refractivity (Wildman–Crippen MR) is 68.7 cm³/mol. The molecule has 0 unspecified atom stereocenters. The molecule has 1 aromatic heterocycles. The lowest BCUT2D eigenvalue weighted by Crippen LogP contribution is -2.04. The molecule has 2 rings (SSSR count). The summed E-state index contributed by atoms with van der Waals surface area (Å²) in [6, 6.07) is 2.14. The summed E-state index contributed by atoms with van der Waals surface area (Å²) in [6.45, 7) is 0. The van der Waals surface area contributed by atoms with Crippen LogP contribution in [-0.4, -0.2) is 22.1 Å². The van der Waals surface area contributed by atoms with Gasteiger partial charge in [-0.15, -0.1) is 0 Å². The predicted octanol–water partition coefficient (Wildman–Crippen LogP) is 3.32. The van der Waals surface area contributed by atoms with Crippen LogP contribution in [0.2, 0.25) is 5.28 Å². The number of methoxy groups -OCH3 is 1. The van der Waals surface area contributed by atoms with Crippen LogP contribution in [0.4, 0.5) is 20.4 Å². The summed E-state index contributed by atoms with van der Waals surface area (Å²) in [5.41, 5.74) is -0.396. The van der Waals surface area contributed by atoms with E-state index in [0.29, 0.717) is 0 Å². The highest BCUT2D eigenvalue weighted by Gasteiger charge is 2.13. The van der Waals surface area contributed by atoms with Crippen LogP contribution in [0, 0.1) is 11.6 Å². The van der Waals surface area contributed by atoms with E-state index in [1.54, 1.807) is 0 Å². The quantitative estimate of drug-likeness (QED) is 0.919. The van der Waals surface area contributed by atoms with E-state index in [1.807, 2.05) is 0 Å². The topological polar surface area (TPSA) is 59.9 Å². The molecule has 1 heterocycles. The molecule has 0 spiro atoms. The van der Waals surface area contributed by atoms with E-state index in [0.717, 1.165) is 12.1 Å². The van der Waals surface area contributed by atoms with Gasteiger partial charge in [-0.1, -0.05) is 15.9 Å². The van der Waals surface area contributed by atoms with Gasteiger partial charge in [-0.25, -0.2) is 8.78 Å². The minimum atomic E-state index is -0.803. The van der Waals surface area contributed by atoms with Crippen molar-refractivity contribution in [3.05, 3.63) is 33.5 Å².